The van der Waals surface area contributed by atoms with Crippen molar-refractivity contribution in [1.29, 1.82) is 0 Å². The van der Waals surface area contributed by atoms with Gasteiger partial charge in [0.15, 0.2) is 11.3 Å². The van der Waals surface area contributed by atoms with Gasteiger partial charge in [-0.3, -0.25) is 9.59 Å². The highest BCUT2D eigenvalue weighted by molar-refractivity contribution is 5.93. The molecule has 4 aliphatic rings. The van der Waals surface area contributed by atoms with Crippen LogP contribution in [0.25, 0.3) is 16.7 Å². The van der Waals surface area contributed by atoms with Gasteiger partial charge in [-0.2, -0.15) is 0 Å². The van der Waals surface area contributed by atoms with E-state index in [1.165, 1.54) is 0 Å². The Kier molecular flexibility index (Phi) is 4.11. The fraction of sp³-hybridized carbons (Fsp3) is 0.357. The highest BCUT2D eigenvalue weighted by atomic mass is 16.5. The molecule has 2 aromatic heterocycles. The molecule has 6 unspecified atom stereocenters. The van der Waals surface area contributed by atoms with Crippen LogP contribution >= 0.6 is 0 Å². The summed E-state index contributed by atoms with van der Waals surface area (Å²) in [4.78, 5) is 25.8. The average Bonchev–Trinajstić information content (AvgIpc) is 3.66. The third-order valence-corrected chi connectivity index (χ3v) is 8.03. The second kappa shape index (κ2) is 7.08. The highest BCUT2D eigenvalue weighted by Gasteiger charge is 2.47. The molecule has 166 valence electrons. The van der Waals surface area contributed by atoms with Gasteiger partial charge < -0.3 is 13.9 Å². The van der Waals surface area contributed by atoms with E-state index >= 15 is 0 Å². The van der Waals surface area contributed by atoms with Crippen molar-refractivity contribution in [3.05, 3.63) is 66.3 Å². The molecule has 6 bridgehead atoms. The SMILES string of the molecule is O=C(Oc1cc2cc(C3=CC4CC(C(=O)Oc5ccccc5)C3C4)c1o2)C1CC2C=CC1C2. The van der Waals surface area contributed by atoms with Crippen molar-refractivity contribution in [1.82, 2.24) is 0 Å². The van der Waals surface area contributed by atoms with Gasteiger partial charge in [-0.05, 0) is 73.1 Å². The maximum absolute atomic E-state index is 12.9. The molecule has 5 nitrogen and oxygen atoms in total. The van der Waals surface area contributed by atoms with Crippen LogP contribution in [0.5, 0.6) is 11.5 Å². The van der Waals surface area contributed by atoms with E-state index in [0.29, 0.717) is 40.4 Å². The van der Waals surface area contributed by atoms with Crippen LogP contribution in [-0.2, 0) is 9.59 Å². The van der Waals surface area contributed by atoms with Crippen LogP contribution in [-0.4, -0.2) is 11.9 Å². The fourth-order valence-electron chi connectivity index (χ4n) is 6.55. The first kappa shape index (κ1) is 19.2. The minimum atomic E-state index is -0.173. The maximum atomic E-state index is 12.9. The monoisotopic (exact) mass is 440 g/mol. The molecule has 3 aromatic rings. The number of fused-ring (bicyclic) bond motifs is 6. The number of hydrogen-bond acceptors (Lipinski definition) is 5. The summed E-state index contributed by atoms with van der Waals surface area (Å²) in [7, 11) is 0. The molecule has 1 aromatic carbocycles. The largest absolute Gasteiger partial charge is 0.453 e. The number of benzene rings is 2. The Morgan fingerprint density at radius 1 is 0.848 bits per heavy atom. The fourth-order valence-corrected chi connectivity index (χ4v) is 6.55. The average molecular weight is 440 g/mol. The van der Waals surface area contributed by atoms with Crippen LogP contribution in [0.1, 0.15) is 31.2 Å². The van der Waals surface area contributed by atoms with Gasteiger partial charge in [0.2, 0.25) is 0 Å². The third kappa shape index (κ3) is 3.05. The molecule has 2 fully saturated rings. The molecule has 6 atom stereocenters. The predicted molar refractivity (Wildman–Crippen MR) is 122 cm³/mol. The highest BCUT2D eigenvalue weighted by Crippen LogP contribution is 2.54. The molecule has 0 spiro atoms. The van der Waals surface area contributed by atoms with Crippen molar-refractivity contribution in [3.63, 3.8) is 0 Å². The minimum absolute atomic E-state index is 0.0584. The van der Waals surface area contributed by atoms with E-state index in [-0.39, 0.29) is 29.7 Å². The molecule has 0 N–H and O–H groups in total. The molecule has 33 heavy (non-hydrogen) atoms. The molecule has 0 aliphatic heterocycles. The smallest absolute Gasteiger partial charge is 0.315 e. The Morgan fingerprint density at radius 2 is 1.67 bits per heavy atom. The molecule has 7 rings (SSSR count). The summed E-state index contributed by atoms with van der Waals surface area (Å²) in [6.45, 7) is 0. The summed E-state index contributed by atoms with van der Waals surface area (Å²) in [6.07, 6.45) is 10.3. The van der Waals surface area contributed by atoms with Crippen LogP contribution in [0, 0.1) is 35.5 Å². The van der Waals surface area contributed by atoms with Gasteiger partial charge >= 0.3 is 11.9 Å². The maximum Gasteiger partial charge on any atom is 0.315 e. The molecule has 2 heterocycles. The number of hydrogen-bond donors (Lipinski definition) is 0. The van der Waals surface area contributed by atoms with Crippen molar-refractivity contribution >= 4 is 28.7 Å². The summed E-state index contributed by atoms with van der Waals surface area (Å²) in [6, 6.07) is 13.0. The van der Waals surface area contributed by atoms with Gasteiger partial charge in [0.05, 0.1) is 11.8 Å². The van der Waals surface area contributed by atoms with E-state index in [0.717, 1.165) is 36.8 Å². The van der Waals surface area contributed by atoms with Gasteiger partial charge in [-0.15, -0.1) is 0 Å². The Labute approximate surface area is 191 Å². The third-order valence-electron chi connectivity index (χ3n) is 8.03. The first-order valence-electron chi connectivity index (χ1n) is 11.9. The first-order chi connectivity index (χ1) is 16.1. The lowest BCUT2D eigenvalue weighted by Gasteiger charge is -2.22. The molecule has 0 radical (unpaired) electrons. The second-order valence-electron chi connectivity index (χ2n) is 10.0. The summed E-state index contributed by atoms with van der Waals surface area (Å²) in [5.41, 5.74) is 3.39. The van der Waals surface area contributed by atoms with Gasteiger partial charge in [0, 0.05) is 11.6 Å². The standard InChI is InChI=1S/C28H24O5/c29-27(20-9-15-6-7-17(20)8-15)33-25-14-19-13-23(26(25)31-19)21-10-16-11-22(21)24(12-16)28(30)32-18-4-2-1-3-5-18/h1-7,10,13-17,20,22,24H,8-9,11-12H2. The summed E-state index contributed by atoms with van der Waals surface area (Å²) < 4.78 is 17.4. The zero-order valence-corrected chi connectivity index (χ0v) is 18.1. The summed E-state index contributed by atoms with van der Waals surface area (Å²) in [5, 5.41) is 0. The van der Waals surface area contributed by atoms with Crippen LogP contribution < -0.4 is 9.47 Å². The zero-order chi connectivity index (χ0) is 22.1. The Morgan fingerprint density at radius 3 is 2.39 bits per heavy atom. The van der Waals surface area contributed by atoms with Gasteiger partial charge in [-0.1, -0.05) is 36.4 Å². The minimum Gasteiger partial charge on any atom is -0.453 e. The van der Waals surface area contributed by atoms with E-state index in [1.54, 1.807) is 18.2 Å². The quantitative estimate of drug-likeness (QED) is 0.292. The van der Waals surface area contributed by atoms with E-state index in [2.05, 4.69) is 18.2 Å². The van der Waals surface area contributed by atoms with E-state index in [1.807, 2.05) is 24.3 Å². The topological polar surface area (TPSA) is 65.7 Å². The molecular weight excluding hydrogens is 416 g/mol. The summed E-state index contributed by atoms with van der Waals surface area (Å²) in [5.74, 6) is 1.81. The Bertz CT molecular complexity index is 1300. The normalized spacial score (nSPS) is 31.5. The van der Waals surface area contributed by atoms with Crippen molar-refractivity contribution in [3.8, 4) is 11.5 Å². The number of esters is 2. The number of allylic oxidation sites excluding steroid dienone is 4. The molecule has 4 aliphatic carbocycles. The van der Waals surface area contributed by atoms with Crippen molar-refractivity contribution in [2.75, 3.05) is 0 Å². The van der Waals surface area contributed by atoms with Crippen molar-refractivity contribution in [2.24, 2.45) is 35.5 Å². The summed E-state index contributed by atoms with van der Waals surface area (Å²) >= 11 is 0. The Hall–Kier alpha value is -3.34. The molecule has 5 heteroatoms. The number of para-hydroxylation sites is 1. The van der Waals surface area contributed by atoms with E-state index < -0.39 is 0 Å². The Balaban J connectivity index is 1.11. The number of ether oxygens (including phenoxy) is 2. The first-order valence-corrected chi connectivity index (χ1v) is 11.9. The lowest BCUT2D eigenvalue weighted by molar-refractivity contribution is -0.140. The molecule has 0 saturated heterocycles. The van der Waals surface area contributed by atoms with Gasteiger partial charge in [0.25, 0.3) is 0 Å². The van der Waals surface area contributed by atoms with Crippen LogP contribution in [0.4, 0.5) is 0 Å². The lowest BCUT2D eigenvalue weighted by atomic mass is 9.84. The van der Waals surface area contributed by atoms with Crippen LogP contribution in [0.2, 0.25) is 0 Å². The number of furan rings is 2. The lowest BCUT2D eigenvalue weighted by Crippen LogP contribution is -2.26. The van der Waals surface area contributed by atoms with Crippen LogP contribution in [0.15, 0.2) is 65.1 Å². The molecular formula is C28H24O5. The number of carbonyl (C=O) groups excluding carboxylic acids is 2. The van der Waals surface area contributed by atoms with Gasteiger partial charge in [0.1, 0.15) is 11.3 Å². The number of carbonyl (C=O) groups is 2. The molecule has 0 amide bonds. The van der Waals surface area contributed by atoms with Crippen molar-refractivity contribution < 1.29 is 23.5 Å². The predicted octanol–water partition coefficient (Wildman–Crippen LogP) is 5.63. The zero-order valence-electron chi connectivity index (χ0n) is 18.1. The number of rotatable bonds is 5. The van der Waals surface area contributed by atoms with Crippen molar-refractivity contribution in [2.45, 2.75) is 25.7 Å². The van der Waals surface area contributed by atoms with E-state index in [9.17, 15) is 9.59 Å². The van der Waals surface area contributed by atoms with E-state index in [4.69, 9.17) is 13.9 Å². The van der Waals surface area contributed by atoms with Gasteiger partial charge in [-0.25, -0.2) is 0 Å². The van der Waals surface area contributed by atoms with Crippen LogP contribution in [0.3, 0.4) is 0 Å². The second-order valence-corrected chi connectivity index (χ2v) is 10.0. The molecule has 2 saturated carbocycles.